The smallest absolute Gasteiger partial charge is 0.325 e. The van der Waals surface area contributed by atoms with Crippen molar-refractivity contribution in [2.45, 2.75) is 19.8 Å². The Morgan fingerprint density at radius 3 is 2.56 bits per heavy atom. The van der Waals surface area contributed by atoms with Gasteiger partial charge in [-0.15, -0.1) is 0 Å². The van der Waals surface area contributed by atoms with Crippen LogP contribution in [0.1, 0.15) is 19.8 Å². The Morgan fingerprint density at radius 2 is 2.00 bits per heavy atom. The molecule has 1 heterocycles. The van der Waals surface area contributed by atoms with Crippen LogP contribution in [0.3, 0.4) is 0 Å². The predicted octanol–water partition coefficient (Wildman–Crippen LogP) is 0.434. The standard InChI is InChI=1S/C11H19NO4/c1-3-16-10(13)8-12(2)11(14)9-4-6-15-7-5-9/h9H,3-8H2,1-2H3. The molecule has 0 aromatic rings. The third-order valence-electron chi connectivity index (χ3n) is 2.62. The predicted molar refractivity (Wildman–Crippen MR) is 57.8 cm³/mol. The molecule has 0 radical (unpaired) electrons. The van der Waals surface area contributed by atoms with Crippen molar-refractivity contribution in [3.63, 3.8) is 0 Å². The highest BCUT2D eigenvalue weighted by Gasteiger charge is 2.25. The summed E-state index contributed by atoms with van der Waals surface area (Å²) in [4.78, 5) is 24.5. The Labute approximate surface area is 95.7 Å². The first-order valence-electron chi connectivity index (χ1n) is 5.63. The topological polar surface area (TPSA) is 55.8 Å². The molecule has 0 N–H and O–H groups in total. The Balaban J connectivity index is 2.37. The van der Waals surface area contributed by atoms with Crippen molar-refractivity contribution in [3.05, 3.63) is 0 Å². The second-order valence-corrected chi connectivity index (χ2v) is 3.89. The van der Waals surface area contributed by atoms with Crippen LogP contribution < -0.4 is 0 Å². The number of hydrogen-bond acceptors (Lipinski definition) is 4. The molecule has 1 fully saturated rings. The van der Waals surface area contributed by atoms with Crippen molar-refractivity contribution in [1.82, 2.24) is 4.90 Å². The van der Waals surface area contributed by atoms with Crippen LogP contribution in [0.5, 0.6) is 0 Å². The molecule has 0 aliphatic carbocycles. The van der Waals surface area contributed by atoms with E-state index < -0.39 is 0 Å². The largest absolute Gasteiger partial charge is 0.465 e. The summed E-state index contributed by atoms with van der Waals surface area (Å²) in [7, 11) is 1.63. The normalized spacial score (nSPS) is 16.9. The lowest BCUT2D eigenvalue weighted by Crippen LogP contribution is -2.39. The van der Waals surface area contributed by atoms with Gasteiger partial charge in [0.2, 0.25) is 5.91 Å². The summed E-state index contributed by atoms with van der Waals surface area (Å²) in [5.41, 5.74) is 0. The lowest BCUT2D eigenvalue weighted by Gasteiger charge is -2.25. The molecular weight excluding hydrogens is 210 g/mol. The summed E-state index contributed by atoms with van der Waals surface area (Å²) in [6.45, 7) is 3.38. The molecule has 0 saturated carbocycles. The maximum atomic E-state index is 11.9. The highest BCUT2D eigenvalue weighted by Crippen LogP contribution is 2.16. The van der Waals surface area contributed by atoms with Gasteiger partial charge in [-0.05, 0) is 19.8 Å². The van der Waals surface area contributed by atoms with Crippen molar-refractivity contribution in [3.8, 4) is 0 Å². The Morgan fingerprint density at radius 1 is 1.38 bits per heavy atom. The second kappa shape index (κ2) is 6.48. The van der Waals surface area contributed by atoms with Gasteiger partial charge in [0.1, 0.15) is 6.54 Å². The van der Waals surface area contributed by atoms with E-state index in [4.69, 9.17) is 9.47 Å². The molecule has 1 aliphatic heterocycles. The van der Waals surface area contributed by atoms with Crippen molar-refractivity contribution in [2.75, 3.05) is 33.4 Å². The maximum Gasteiger partial charge on any atom is 0.325 e. The monoisotopic (exact) mass is 229 g/mol. The Hall–Kier alpha value is -1.10. The third-order valence-corrected chi connectivity index (χ3v) is 2.62. The minimum Gasteiger partial charge on any atom is -0.465 e. The number of hydrogen-bond donors (Lipinski definition) is 0. The van der Waals surface area contributed by atoms with Crippen LogP contribution in [0, 0.1) is 5.92 Å². The molecule has 92 valence electrons. The number of amides is 1. The zero-order chi connectivity index (χ0) is 12.0. The quantitative estimate of drug-likeness (QED) is 0.656. The van der Waals surface area contributed by atoms with Crippen LogP contribution in [0.25, 0.3) is 0 Å². The number of ether oxygens (including phenoxy) is 2. The summed E-state index contributed by atoms with van der Waals surface area (Å²) in [6, 6.07) is 0. The molecule has 1 aliphatic rings. The van der Waals surface area contributed by atoms with Gasteiger partial charge >= 0.3 is 5.97 Å². The molecule has 0 atom stereocenters. The number of nitrogens with zero attached hydrogens (tertiary/aromatic N) is 1. The van der Waals surface area contributed by atoms with Crippen molar-refractivity contribution in [1.29, 1.82) is 0 Å². The van der Waals surface area contributed by atoms with Gasteiger partial charge in [0.05, 0.1) is 6.61 Å². The summed E-state index contributed by atoms with van der Waals surface area (Å²) < 4.78 is 9.98. The van der Waals surface area contributed by atoms with Gasteiger partial charge in [0.25, 0.3) is 0 Å². The van der Waals surface area contributed by atoms with E-state index in [1.165, 1.54) is 4.90 Å². The molecule has 1 rings (SSSR count). The van der Waals surface area contributed by atoms with Gasteiger partial charge in [0.15, 0.2) is 0 Å². The minimum absolute atomic E-state index is 0.00632. The molecule has 0 spiro atoms. The average molecular weight is 229 g/mol. The molecule has 0 unspecified atom stereocenters. The van der Waals surface area contributed by atoms with E-state index in [2.05, 4.69) is 0 Å². The van der Waals surface area contributed by atoms with Crippen LogP contribution in [0.4, 0.5) is 0 Å². The maximum absolute atomic E-state index is 11.9. The highest BCUT2D eigenvalue weighted by atomic mass is 16.5. The van der Waals surface area contributed by atoms with E-state index in [1.54, 1.807) is 14.0 Å². The Kier molecular flexibility index (Phi) is 5.25. The van der Waals surface area contributed by atoms with Gasteiger partial charge in [-0.2, -0.15) is 0 Å². The van der Waals surface area contributed by atoms with Crippen LogP contribution in [-0.4, -0.2) is 50.2 Å². The van der Waals surface area contributed by atoms with E-state index >= 15 is 0 Å². The van der Waals surface area contributed by atoms with E-state index in [0.717, 1.165) is 12.8 Å². The first kappa shape index (κ1) is 13.0. The van der Waals surface area contributed by atoms with Crippen molar-refractivity contribution < 1.29 is 19.1 Å². The number of rotatable bonds is 4. The van der Waals surface area contributed by atoms with Gasteiger partial charge in [-0.1, -0.05) is 0 Å². The van der Waals surface area contributed by atoms with Gasteiger partial charge in [-0.3, -0.25) is 9.59 Å². The Bertz CT molecular complexity index is 248. The molecule has 1 amide bonds. The van der Waals surface area contributed by atoms with E-state index in [9.17, 15) is 9.59 Å². The molecule has 0 bridgehead atoms. The van der Waals surface area contributed by atoms with Crippen LogP contribution in [0.2, 0.25) is 0 Å². The fourth-order valence-electron chi connectivity index (χ4n) is 1.73. The van der Waals surface area contributed by atoms with Crippen molar-refractivity contribution in [2.24, 2.45) is 5.92 Å². The van der Waals surface area contributed by atoms with E-state index in [0.29, 0.717) is 19.8 Å². The number of esters is 1. The van der Waals surface area contributed by atoms with Crippen LogP contribution in [-0.2, 0) is 19.1 Å². The summed E-state index contributed by atoms with van der Waals surface area (Å²) in [5, 5.41) is 0. The third kappa shape index (κ3) is 3.81. The van der Waals surface area contributed by atoms with Gasteiger partial charge < -0.3 is 14.4 Å². The molecule has 16 heavy (non-hydrogen) atoms. The molecule has 1 saturated heterocycles. The average Bonchev–Trinajstić information content (AvgIpc) is 2.29. The summed E-state index contributed by atoms with van der Waals surface area (Å²) in [6.07, 6.45) is 1.48. The lowest BCUT2D eigenvalue weighted by atomic mass is 9.99. The molecule has 5 heteroatoms. The van der Waals surface area contributed by atoms with E-state index in [1.807, 2.05) is 0 Å². The van der Waals surface area contributed by atoms with Crippen LogP contribution >= 0.6 is 0 Å². The molecule has 5 nitrogen and oxygen atoms in total. The first-order chi connectivity index (χ1) is 7.65. The number of carbonyl (C=O) groups is 2. The SMILES string of the molecule is CCOC(=O)CN(C)C(=O)C1CCOCC1. The molecular formula is C11H19NO4. The first-order valence-corrected chi connectivity index (χ1v) is 5.63. The molecule has 0 aromatic carbocycles. The van der Waals surface area contributed by atoms with E-state index in [-0.39, 0.29) is 24.3 Å². The zero-order valence-corrected chi connectivity index (χ0v) is 9.90. The summed E-state index contributed by atoms with van der Waals surface area (Å²) >= 11 is 0. The summed E-state index contributed by atoms with van der Waals surface area (Å²) in [5.74, 6) is -0.352. The number of likely N-dealkylation sites (N-methyl/N-ethyl adjacent to an activating group) is 1. The van der Waals surface area contributed by atoms with Gasteiger partial charge in [-0.25, -0.2) is 0 Å². The van der Waals surface area contributed by atoms with Crippen molar-refractivity contribution >= 4 is 11.9 Å². The fraction of sp³-hybridized carbons (Fsp3) is 0.818. The second-order valence-electron chi connectivity index (χ2n) is 3.89. The van der Waals surface area contributed by atoms with Crippen LogP contribution in [0.15, 0.2) is 0 Å². The zero-order valence-electron chi connectivity index (χ0n) is 9.90. The molecule has 0 aromatic heterocycles. The minimum atomic E-state index is -0.356. The number of carbonyl (C=O) groups excluding carboxylic acids is 2. The lowest BCUT2D eigenvalue weighted by molar-refractivity contribution is -0.150. The van der Waals surface area contributed by atoms with Gasteiger partial charge in [0, 0.05) is 26.2 Å². The fourth-order valence-corrected chi connectivity index (χ4v) is 1.73. The highest BCUT2D eigenvalue weighted by molar-refractivity contribution is 5.83.